The van der Waals surface area contributed by atoms with Crippen molar-refractivity contribution in [2.24, 2.45) is 5.92 Å². The van der Waals surface area contributed by atoms with Gasteiger partial charge >= 0.3 is 6.03 Å². The normalized spacial score (nSPS) is 14.5. The van der Waals surface area contributed by atoms with Crippen molar-refractivity contribution in [2.45, 2.75) is 26.3 Å². The van der Waals surface area contributed by atoms with Crippen LogP contribution in [0.5, 0.6) is 0 Å². The molecular weight excluding hydrogens is 410 g/mol. The highest BCUT2D eigenvalue weighted by Crippen LogP contribution is 2.31. The summed E-state index contributed by atoms with van der Waals surface area (Å²) >= 11 is 2.97. The van der Waals surface area contributed by atoms with Crippen LogP contribution in [0.2, 0.25) is 0 Å². The molecule has 1 saturated heterocycles. The average Bonchev–Trinajstić information content (AvgIpc) is 3.35. The van der Waals surface area contributed by atoms with Gasteiger partial charge in [0.25, 0.3) is 0 Å². The van der Waals surface area contributed by atoms with E-state index in [-0.39, 0.29) is 23.8 Å². The molecule has 0 radical (unpaired) electrons. The standard InChI is InChI=1S/C19H25N5O3S2/c1-12(25)20-10-14-4-5-16(29-14)15-11-28-18(21-15)22-17(26)13-6-8-24(9-7-13)19(27)23(2)3/h4-5,11,13H,6-10H2,1-3H3,(H,20,25)(H,21,22,26). The van der Waals surface area contributed by atoms with E-state index in [0.717, 1.165) is 15.4 Å². The number of aromatic nitrogens is 1. The van der Waals surface area contributed by atoms with Crippen LogP contribution in [0, 0.1) is 5.92 Å². The fourth-order valence-electron chi connectivity index (χ4n) is 3.09. The van der Waals surface area contributed by atoms with Crippen molar-refractivity contribution < 1.29 is 14.4 Å². The third kappa shape index (κ3) is 5.54. The maximum Gasteiger partial charge on any atom is 0.319 e. The molecule has 0 aromatic carbocycles. The zero-order valence-electron chi connectivity index (χ0n) is 16.7. The Labute approximate surface area is 177 Å². The van der Waals surface area contributed by atoms with Gasteiger partial charge in [0.1, 0.15) is 0 Å². The smallest absolute Gasteiger partial charge is 0.319 e. The Kier molecular flexibility index (Phi) is 6.86. The highest BCUT2D eigenvalue weighted by Gasteiger charge is 2.28. The summed E-state index contributed by atoms with van der Waals surface area (Å²) in [5.74, 6) is -0.213. The molecular formula is C19H25N5O3S2. The minimum atomic E-state index is -0.112. The summed E-state index contributed by atoms with van der Waals surface area (Å²) in [6.07, 6.45) is 1.31. The molecule has 0 unspecified atom stereocenters. The van der Waals surface area contributed by atoms with Gasteiger partial charge in [0, 0.05) is 50.3 Å². The van der Waals surface area contributed by atoms with Crippen LogP contribution in [-0.2, 0) is 16.1 Å². The molecule has 8 nitrogen and oxygen atoms in total. The minimum Gasteiger partial charge on any atom is -0.351 e. The van der Waals surface area contributed by atoms with Crippen molar-refractivity contribution >= 4 is 45.7 Å². The van der Waals surface area contributed by atoms with Gasteiger partial charge in [-0.1, -0.05) is 0 Å². The maximum atomic E-state index is 12.6. The number of anilines is 1. The van der Waals surface area contributed by atoms with Gasteiger partial charge in [-0.2, -0.15) is 0 Å². The van der Waals surface area contributed by atoms with E-state index in [0.29, 0.717) is 37.6 Å². The first kappa shape index (κ1) is 21.3. The number of piperidine rings is 1. The second-order valence-corrected chi connectivity index (χ2v) is 9.17. The van der Waals surface area contributed by atoms with E-state index in [2.05, 4.69) is 15.6 Å². The number of nitrogens with one attached hydrogen (secondary N) is 2. The van der Waals surface area contributed by atoms with Gasteiger partial charge in [-0.15, -0.1) is 22.7 Å². The summed E-state index contributed by atoms with van der Waals surface area (Å²) < 4.78 is 0. The summed E-state index contributed by atoms with van der Waals surface area (Å²) in [4.78, 5) is 45.5. The average molecular weight is 436 g/mol. The first-order valence-corrected chi connectivity index (χ1v) is 11.1. The number of amides is 4. The number of carbonyl (C=O) groups is 3. The SMILES string of the molecule is CC(=O)NCc1ccc(-c2csc(NC(=O)C3CCN(C(=O)N(C)C)CC3)n2)s1. The molecule has 0 saturated carbocycles. The number of hydrogen-bond acceptors (Lipinski definition) is 6. The van der Waals surface area contributed by atoms with Crippen molar-refractivity contribution in [2.75, 3.05) is 32.5 Å². The Balaban J connectivity index is 1.53. The van der Waals surface area contributed by atoms with Gasteiger partial charge in [0.15, 0.2) is 5.13 Å². The lowest BCUT2D eigenvalue weighted by molar-refractivity contribution is -0.121. The van der Waals surface area contributed by atoms with E-state index in [9.17, 15) is 14.4 Å². The number of thiophene rings is 1. The molecule has 2 aromatic rings. The molecule has 10 heteroatoms. The van der Waals surface area contributed by atoms with Gasteiger partial charge in [-0.25, -0.2) is 9.78 Å². The maximum absolute atomic E-state index is 12.6. The van der Waals surface area contributed by atoms with Crippen LogP contribution in [0.1, 0.15) is 24.6 Å². The van der Waals surface area contributed by atoms with Crippen molar-refractivity contribution in [1.29, 1.82) is 0 Å². The second kappa shape index (κ2) is 9.36. The van der Waals surface area contributed by atoms with Crippen LogP contribution in [-0.4, -0.2) is 59.8 Å². The quantitative estimate of drug-likeness (QED) is 0.755. The Morgan fingerprint density at radius 2 is 1.97 bits per heavy atom. The molecule has 0 bridgehead atoms. The van der Waals surface area contributed by atoms with Crippen LogP contribution in [0.3, 0.4) is 0 Å². The molecule has 2 N–H and O–H groups in total. The molecule has 3 rings (SSSR count). The predicted octanol–water partition coefficient (Wildman–Crippen LogP) is 2.84. The Bertz CT molecular complexity index is 884. The third-order valence-corrected chi connectivity index (χ3v) is 6.54. The molecule has 2 aromatic heterocycles. The molecule has 1 aliphatic rings. The van der Waals surface area contributed by atoms with E-state index in [1.807, 2.05) is 17.5 Å². The zero-order chi connectivity index (χ0) is 21.0. The first-order valence-electron chi connectivity index (χ1n) is 9.39. The topological polar surface area (TPSA) is 94.6 Å². The van der Waals surface area contributed by atoms with Crippen LogP contribution < -0.4 is 10.6 Å². The number of hydrogen-bond donors (Lipinski definition) is 2. The number of nitrogens with zero attached hydrogens (tertiary/aromatic N) is 3. The first-order chi connectivity index (χ1) is 13.8. The van der Waals surface area contributed by atoms with E-state index in [1.54, 1.807) is 35.2 Å². The molecule has 29 heavy (non-hydrogen) atoms. The van der Waals surface area contributed by atoms with E-state index >= 15 is 0 Å². The van der Waals surface area contributed by atoms with Gasteiger partial charge in [-0.3, -0.25) is 9.59 Å². The van der Waals surface area contributed by atoms with Crippen molar-refractivity contribution in [1.82, 2.24) is 20.1 Å². The largest absolute Gasteiger partial charge is 0.351 e. The predicted molar refractivity (Wildman–Crippen MR) is 115 cm³/mol. The van der Waals surface area contributed by atoms with Gasteiger partial charge in [0.05, 0.1) is 17.1 Å². The summed E-state index contributed by atoms with van der Waals surface area (Å²) in [6.45, 7) is 3.17. The summed E-state index contributed by atoms with van der Waals surface area (Å²) in [5.41, 5.74) is 0.816. The minimum absolute atomic E-state index is 0.0118. The summed E-state index contributed by atoms with van der Waals surface area (Å²) in [5, 5.41) is 8.19. The van der Waals surface area contributed by atoms with Crippen LogP contribution in [0.4, 0.5) is 9.93 Å². The van der Waals surface area contributed by atoms with Gasteiger partial charge in [-0.05, 0) is 25.0 Å². The van der Waals surface area contributed by atoms with E-state index in [4.69, 9.17) is 0 Å². The monoisotopic (exact) mass is 435 g/mol. The van der Waals surface area contributed by atoms with E-state index < -0.39 is 0 Å². The van der Waals surface area contributed by atoms with Crippen LogP contribution in [0.15, 0.2) is 17.5 Å². The molecule has 1 aliphatic heterocycles. The highest BCUT2D eigenvalue weighted by molar-refractivity contribution is 7.17. The van der Waals surface area contributed by atoms with Gasteiger partial charge < -0.3 is 20.4 Å². The van der Waals surface area contributed by atoms with Crippen molar-refractivity contribution in [3.05, 3.63) is 22.4 Å². The molecule has 4 amide bonds. The van der Waals surface area contributed by atoms with Crippen LogP contribution >= 0.6 is 22.7 Å². The summed E-state index contributed by atoms with van der Waals surface area (Å²) in [7, 11) is 3.47. The number of urea groups is 1. The lowest BCUT2D eigenvalue weighted by atomic mass is 9.96. The molecule has 0 spiro atoms. The molecule has 0 aliphatic carbocycles. The second-order valence-electron chi connectivity index (χ2n) is 7.14. The Morgan fingerprint density at radius 3 is 2.62 bits per heavy atom. The number of likely N-dealkylation sites (tertiary alicyclic amines) is 1. The highest BCUT2D eigenvalue weighted by atomic mass is 32.1. The lowest BCUT2D eigenvalue weighted by Gasteiger charge is -2.32. The van der Waals surface area contributed by atoms with E-state index in [1.165, 1.54) is 18.3 Å². The number of carbonyl (C=O) groups excluding carboxylic acids is 3. The molecule has 3 heterocycles. The fourth-order valence-corrected chi connectivity index (χ4v) is 4.79. The molecule has 0 atom stereocenters. The molecule has 1 fully saturated rings. The Morgan fingerprint density at radius 1 is 1.24 bits per heavy atom. The van der Waals surface area contributed by atoms with Crippen molar-refractivity contribution in [3.63, 3.8) is 0 Å². The summed E-state index contributed by atoms with van der Waals surface area (Å²) in [6, 6.07) is 3.93. The fraction of sp³-hybridized carbons (Fsp3) is 0.474. The number of thiazole rings is 1. The zero-order valence-corrected chi connectivity index (χ0v) is 18.4. The van der Waals surface area contributed by atoms with Crippen molar-refractivity contribution in [3.8, 4) is 10.6 Å². The molecule has 156 valence electrons. The third-order valence-electron chi connectivity index (χ3n) is 4.68. The van der Waals surface area contributed by atoms with Crippen LogP contribution in [0.25, 0.3) is 10.6 Å². The number of rotatable bonds is 5. The van der Waals surface area contributed by atoms with Gasteiger partial charge in [0.2, 0.25) is 11.8 Å². The lowest BCUT2D eigenvalue weighted by Crippen LogP contribution is -2.45. The Hall–Kier alpha value is -2.46.